The van der Waals surface area contributed by atoms with Crippen LogP contribution >= 0.6 is 0 Å². The molecule has 1 heterocycles. The molecule has 1 aromatic carbocycles. The Kier molecular flexibility index (Phi) is 6.75. The molecule has 0 spiro atoms. The van der Waals surface area contributed by atoms with Crippen LogP contribution in [-0.2, 0) is 16.0 Å². The molecule has 0 amide bonds. The molecule has 0 radical (unpaired) electrons. The average Bonchev–Trinajstić information content (AvgIpc) is 2.59. The van der Waals surface area contributed by atoms with Crippen LogP contribution in [0.4, 0.5) is 0 Å². The molecule has 0 atom stereocenters. The number of pyridine rings is 1. The van der Waals surface area contributed by atoms with Gasteiger partial charge in [-0.05, 0) is 35.3 Å². The number of carbonyl (C=O) groups excluding carboxylic acids is 1. The molecule has 0 aliphatic heterocycles. The van der Waals surface area contributed by atoms with Crippen LogP contribution in [0.25, 0.3) is 6.08 Å². The lowest BCUT2D eigenvalue weighted by atomic mass is 10.0. The van der Waals surface area contributed by atoms with Gasteiger partial charge in [-0.25, -0.2) is 4.79 Å². The molecule has 0 bridgehead atoms. The minimum absolute atomic E-state index is 0.241. The highest BCUT2D eigenvalue weighted by molar-refractivity contribution is 5.82. The van der Waals surface area contributed by atoms with E-state index < -0.39 is 0 Å². The van der Waals surface area contributed by atoms with Crippen LogP contribution in [0.15, 0.2) is 67.0 Å². The van der Waals surface area contributed by atoms with Crippen molar-refractivity contribution in [2.24, 2.45) is 5.73 Å². The maximum atomic E-state index is 11.2. The number of nitrogens with zero attached hydrogens (tertiary/aromatic N) is 1. The monoisotopic (exact) mass is 308 g/mol. The molecule has 4 nitrogen and oxygen atoms in total. The van der Waals surface area contributed by atoms with Crippen LogP contribution in [0.3, 0.4) is 0 Å². The van der Waals surface area contributed by atoms with E-state index in [2.05, 4.69) is 23.2 Å². The standard InChI is InChI=1S/C19H20N2O2/c20-11-1-6-19(22)23-13-3-5-16-7-9-17(10-8-16)14-18-4-2-12-21-15-18/h1-10,12,15H,11,13-14,20H2. The highest BCUT2D eigenvalue weighted by Gasteiger charge is 1.96. The molecule has 0 fully saturated rings. The summed E-state index contributed by atoms with van der Waals surface area (Å²) in [4.78, 5) is 15.3. The number of carbonyl (C=O) groups is 1. The van der Waals surface area contributed by atoms with Gasteiger partial charge in [-0.1, -0.05) is 42.5 Å². The van der Waals surface area contributed by atoms with Gasteiger partial charge in [0.15, 0.2) is 0 Å². The Balaban J connectivity index is 1.81. The van der Waals surface area contributed by atoms with E-state index in [1.807, 2.05) is 36.5 Å². The summed E-state index contributed by atoms with van der Waals surface area (Å²) in [5, 5.41) is 0. The second-order valence-corrected chi connectivity index (χ2v) is 4.95. The number of hydrogen-bond donors (Lipinski definition) is 1. The predicted molar refractivity (Wildman–Crippen MR) is 91.7 cm³/mol. The van der Waals surface area contributed by atoms with E-state index in [9.17, 15) is 4.79 Å². The Bertz CT molecular complexity index is 662. The van der Waals surface area contributed by atoms with Crippen molar-refractivity contribution in [1.29, 1.82) is 0 Å². The van der Waals surface area contributed by atoms with Gasteiger partial charge in [0.05, 0.1) is 0 Å². The van der Waals surface area contributed by atoms with Crippen LogP contribution in [0.5, 0.6) is 0 Å². The second kappa shape index (κ2) is 9.33. The largest absolute Gasteiger partial charge is 0.458 e. The van der Waals surface area contributed by atoms with Crippen LogP contribution in [-0.4, -0.2) is 24.1 Å². The zero-order valence-electron chi connectivity index (χ0n) is 12.9. The summed E-state index contributed by atoms with van der Waals surface area (Å²) in [6.07, 6.45) is 11.1. The van der Waals surface area contributed by atoms with Gasteiger partial charge in [-0.2, -0.15) is 0 Å². The molecule has 0 saturated heterocycles. The van der Waals surface area contributed by atoms with Gasteiger partial charge in [0.25, 0.3) is 0 Å². The minimum atomic E-state index is -0.382. The van der Waals surface area contributed by atoms with Gasteiger partial charge in [0.1, 0.15) is 6.61 Å². The molecule has 4 heteroatoms. The van der Waals surface area contributed by atoms with Gasteiger partial charge in [-0.15, -0.1) is 0 Å². The quantitative estimate of drug-likeness (QED) is 0.631. The first-order valence-corrected chi connectivity index (χ1v) is 7.45. The van der Waals surface area contributed by atoms with E-state index in [4.69, 9.17) is 10.5 Å². The topological polar surface area (TPSA) is 65.2 Å². The van der Waals surface area contributed by atoms with Crippen molar-refractivity contribution in [3.63, 3.8) is 0 Å². The molecule has 1 aromatic heterocycles. The Labute approximate surface area is 136 Å². The predicted octanol–water partition coefficient (Wildman–Crippen LogP) is 2.74. The van der Waals surface area contributed by atoms with Crippen molar-refractivity contribution in [3.05, 3.63) is 83.7 Å². The van der Waals surface area contributed by atoms with Crippen LogP contribution < -0.4 is 5.73 Å². The summed E-state index contributed by atoms with van der Waals surface area (Å²) in [5.41, 5.74) is 8.74. The van der Waals surface area contributed by atoms with Crippen LogP contribution in [0.2, 0.25) is 0 Å². The number of aromatic nitrogens is 1. The van der Waals surface area contributed by atoms with E-state index in [1.165, 1.54) is 17.2 Å². The molecule has 0 aliphatic carbocycles. The van der Waals surface area contributed by atoms with Crippen molar-refractivity contribution < 1.29 is 9.53 Å². The zero-order valence-corrected chi connectivity index (χ0v) is 12.9. The normalized spacial score (nSPS) is 11.2. The molecule has 2 aromatic rings. The minimum Gasteiger partial charge on any atom is -0.458 e. The Hall–Kier alpha value is -2.72. The van der Waals surface area contributed by atoms with E-state index in [0.29, 0.717) is 6.54 Å². The molecule has 2 N–H and O–H groups in total. The Morgan fingerprint density at radius 1 is 1.13 bits per heavy atom. The van der Waals surface area contributed by atoms with E-state index >= 15 is 0 Å². The highest BCUT2D eigenvalue weighted by atomic mass is 16.5. The maximum Gasteiger partial charge on any atom is 0.330 e. The van der Waals surface area contributed by atoms with Gasteiger partial charge in [0, 0.05) is 25.0 Å². The highest BCUT2D eigenvalue weighted by Crippen LogP contribution is 2.11. The second-order valence-electron chi connectivity index (χ2n) is 4.95. The van der Waals surface area contributed by atoms with E-state index in [1.54, 1.807) is 12.3 Å². The lowest BCUT2D eigenvalue weighted by Gasteiger charge is -2.02. The molecule has 0 unspecified atom stereocenters. The molecule has 118 valence electrons. The number of nitrogens with two attached hydrogens (primary N) is 1. The van der Waals surface area contributed by atoms with Gasteiger partial charge < -0.3 is 10.5 Å². The fraction of sp³-hybridized carbons (Fsp3) is 0.158. The van der Waals surface area contributed by atoms with Crippen molar-refractivity contribution in [3.8, 4) is 0 Å². The number of rotatable bonds is 7. The van der Waals surface area contributed by atoms with Crippen molar-refractivity contribution in [1.82, 2.24) is 4.98 Å². The summed E-state index contributed by atoms with van der Waals surface area (Å²) >= 11 is 0. The first kappa shape index (κ1) is 16.6. The molecule has 2 rings (SSSR count). The van der Waals surface area contributed by atoms with Crippen molar-refractivity contribution in [2.45, 2.75) is 6.42 Å². The lowest BCUT2D eigenvalue weighted by molar-refractivity contribution is -0.136. The Morgan fingerprint density at radius 2 is 1.96 bits per heavy atom. The maximum absolute atomic E-state index is 11.2. The van der Waals surface area contributed by atoms with Crippen LogP contribution in [0.1, 0.15) is 16.7 Å². The summed E-state index contributed by atoms with van der Waals surface area (Å²) in [5.74, 6) is -0.382. The third-order valence-electron chi connectivity index (χ3n) is 3.13. The first-order chi connectivity index (χ1) is 11.3. The third kappa shape index (κ3) is 6.28. The third-order valence-corrected chi connectivity index (χ3v) is 3.13. The lowest BCUT2D eigenvalue weighted by Crippen LogP contribution is -2.02. The first-order valence-electron chi connectivity index (χ1n) is 7.45. The molecule has 0 aliphatic rings. The van der Waals surface area contributed by atoms with Crippen LogP contribution in [0, 0.1) is 0 Å². The summed E-state index contributed by atoms with van der Waals surface area (Å²) in [6.45, 7) is 0.571. The summed E-state index contributed by atoms with van der Waals surface area (Å²) in [7, 11) is 0. The summed E-state index contributed by atoms with van der Waals surface area (Å²) < 4.78 is 4.99. The molecular formula is C19H20N2O2. The zero-order chi connectivity index (χ0) is 16.3. The SMILES string of the molecule is NCC=CC(=O)OCC=Cc1ccc(Cc2cccnc2)cc1. The molecule has 0 saturated carbocycles. The Morgan fingerprint density at radius 3 is 2.65 bits per heavy atom. The fourth-order valence-electron chi connectivity index (χ4n) is 2.01. The molecule has 23 heavy (non-hydrogen) atoms. The van der Waals surface area contributed by atoms with Gasteiger partial charge >= 0.3 is 5.97 Å². The number of benzene rings is 1. The van der Waals surface area contributed by atoms with Gasteiger partial charge in [0.2, 0.25) is 0 Å². The van der Waals surface area contributed by atoms with Crippen molar-refractivity contribution >= 4 is 12.0 Å². The summed E-state index contributed by atoms with van der Waals surface area (Å²) in [6, 6.07) is 12.3. The fourth-order valence-corrected chi connectivity index (χ4v) is 2.01. The smallest absolute Gasteiger partial charge is 0.330 e. The van der Waals surface area contributed by atoms with E-state index in [-0.39, 0.29) is 12.6 Å². The average molecular weight is 308 g/mol. The number of ether oxygens (including phenoxy) is 1. The van der Waals surface area contributed by atoms with E-state index in [0.717, 1.165) is 12.0 Å². The van der Waals surface area contributed by atoms with Crippen molar-refractivity contribution in [2.75, 3.05) is 13.2 Å². The number of esters is 1. The molecular weight excluding hydrogens is 288 g/mol. The number of hydrogen-bond acceptors (Lipinski definition) is 4. The van der Waals surface area contributed by atoms with Gasteiger partial charge in [-0.3, -0.25) is 4.98 Å².